The fourth-order valence-corrected chi connectivity index (χ4v) is 3.27. The highest BCUT2D eigenvalue weighted by molar-refractivity contribution is 7.22. The predicted octanol–water partition coefficient (Wildman–Crippen LogP) is 3.93. The number of aromatic nitrogens is 1. The SMILES string of the molecule is O=C(Nc1nc2cc3c(cc2s1)OCO3)c1ccccc1Cl. The Morgan fingerprint density at radius 1 is 1.23 bits per heavy atom. The lowest BCUT2D eigenvalue weighted by Gasteiger charge is -2.02. The van der Waals surface area contributed by atoms with E-state index < -0.39 is 0 Å². The van der Waals surface area contributed by atoms with E-state index in [1.54, 1.807) is 30.3 Å². The van der Waals surface area contributed by atoms with Gasteiger partial charge < -0.3 is 9.47 Å². The molecule has 0 saturated carbocycles. The summed E-state index contributed by atoms with van der Waals surface area (Å²) in [5.41, 5.74) is 1.17. The fraction of sp³-hybridized carbons (Fsp3) is 0.0667. The zero-order chi connectivity index (χ0) is 15.1. The van der Waals surface area contributed by atoms with Crippen molar-refractivity contribution in [2.45, 2.75) is 0 Å². The van der Waals surface area contributed by atoms with E-state index in [0.29, 0.717) is 27.2 Å². The topological polar surface area (TPSA) is 60.5 Å². The number of rotatable bonds is 2. The molecule has 0 radical (unpaired) electrons. The number of benzene rings is 2. The van der Waals surface area contributed by atoms with Crippen molar-refractivity contribution in [1.82, 2.24) is 4.98 Å². The van der Waals surface area contributed by atoms with E-state index in [9.17, 15) is 4.79 Å². The molecule has 110 valence electrons. The lowest BCUT2D eigenvalue weighted by Crippen LogP contribution is -2.11. The molecular weight excluding hydrogens is 324 g/mol. The van der Waals surface area contributed by atoms with Gasteiger partial charge in [0.15, 0.2) is 16.6 Å². The average molecular weight is 333 g/mol. The first-order valence-corrected chi connectivity index (χ1v) is 7.66. The molecule has 7 heteroatoms. The summed E-state index contributed by atoms with van der Waals surface area (Å²) >= 11 is 7.39. The Kier molecular flexibility index (Phi) is 3.13. The Morgan fingerprint density at radius 2 is 2.00 bits per heavy atom. The summed E-state index contributed by atoms with van der Waals surface area (Å²) in [4.78, 5) is 16.6. The smallest absolute Gasteiger partial charge is 0.258 e. The summed E-state index contributed by atoms with van der Waals surface area (Å²) in [7, 11) is 0. The van der Waals surface area contributed by atoms with Gasteiger partial charge in [-0.05, 0) is 12.1 Å². The normalized spacial score (nSPS) is 12.6. The number of fused-ring (bicyclic) bond motifs is 2. The van der Waals surface area contributed by atoms with Gasteiger partial charge >= 0.3 is 0 Å². The van der Waals surface area contributed by atoms with Crippen molar-refractivity contribution in [3.05, 3.63) is 47.0 Å². The van der Waals surface area contributed by atoms with E-state index in [4.69, 9.17) is 21.1 Å². The number of hydrogen-bond donors (Lipinski definition) is 1. The van der Waals surface area contributed by atoms with Gasteiger partial charge in [-0.15, -0.1) is 0 Å². The number of nitrogens with one attached hydrogen (secondary N) is 1. The molecule has 0 unspecified atom stereocenters. The highest BCUT2D eigenvalue weighted by Gasteiger charge is 2.18. The van der Waals surface area contributed by atoms with Crippen LogP contribution in [0.15, 0.2) is 36.4 Å². The van der Waals surface area contributed by atoms with Crippen molar-refractivity contribution in [3.63, 3.8) is 0 Å². The number of carbonyl (C=O) groups excluding carboxylic acids is 1. The van der Waals surface area contributed by atoms with Crippen LogP contribution in [0.1, 0.15) is 10.4 Å². The van der Waals surface area contributed by atoms with E-state index in [-0.39, 0.29) is 12.7 Å². The quantitative estimate of drug-likeness (QED) is 0.772. The molecule has 0 bridgehead atoms. The van der Waals surface area contributed by atoms with Crippen LogP contribution in [0.3, 0.4) is 0 Å². The van der Waals surface area contributed by atoms with Gasteiger partial charge in [-0.3, -0.25) is 10.1 Å². The number of ether oxygens (including phenoxy) is 2. The van der Waals surface area contributed by atoms with Gasteiger partial charge in [0.1, 0.15) is 0 Å². The maximum atomic E-state index is 12.2. The Hall–Kier alpha value is -2.31. The lowest BCUT2D eigenvalue weighted by molar-refractivity contribution is 0.102. The maximum absolute atomic E-state index is 12.2. The van der Waals surface area contributed by atoms with E-state index in [2.05, 4.69) is 10.3 Å². The number of thiazole rings is 1. The van der Waals surface area contributed by atoms with Crippen LogP contribution in [0.5, 0.6) is 11.5 Å². The van der Waals surface area contributed by atoms with Crippen molar-refractivity contribution in [3.8, 4) is 11.5 Å². The monoisotopic (exact) mass is 332 g/mol. The van der Waals surface area contributed by atoms with Gasteiger partial charge in [-0.1, -0.05) is 35.1 Å². The fourth-order valence-electron chi connectivity index (χ4n) is 2.18. The van der Waals surface area contributed by atoms with Gasteiger partial charge in [0.05, 0.1) is 20.8 Å². The minimum Gasteiger partial charge on any atom is -0.454 e. The lowest BCUT2D eigenvalue weighted by atomic mass is 10.2. The number of hydrogen-bond acceptors (Lipinski definition) is 5. The van der Waals surface area contributed by atoms with Crippen LogP contribution in [0.25, 0.3) is 10.2 Å². The molecule has 0 spiro atoms. The Balaban J connectivity index is 1.65. The predicted molar refractivity (Wildman–Crippen MR) is 85.1 cm³/mol. The van der Waals surface area contributed by atoms with Crippen LogP contribution < -0.4 is 14.8 Å². The molecule has 0 atom stereocenters. The third kappa shape index (κ3) is 2.26. The second-order valence-corrected chi connectivity index (χ2v) is 6.06. The summed E-state index contributed by atoms with van der Waals surface area (Å²) < 4.78 is 11.6. The van der Waals surface area contributed by atoms with Crippen LogP contribution in [0.2, 0.25) is 5.02 Å². The van der Waals surface area contributed by atoms with Gasteiger partial charge in [0.25, 0.3) is 5.91 Å². The van der Waals surface area contributed by atoms with Crippen LogP contribution in [-0.4, -0.2) is 17.7 Å². The summed E-state index contributed by atoms with van der Waals surface area (Å²) in [6, 6.07) is 10.5. The van der Waals surface area contributed by atoms with Gasteiger partial charge in [0.2, 0.25) is 6.79 Å². The molecule has 1 aliphatic heterocycles. The van der Waals surface area contributed by atoms with Crippen molar-refractivity contribution >= 4 is 44.2 Å². The summed E-state index contributed by atoms with van der Waals surface area (Å²) in [5, 5.41) is 3.67. The summed E-state index contributed by atoms with van der Waals surface area (Å²) in [5.74, 6) is 1.08. The number of nitrogens with zero attached hydrogens (tertiary/aromatic N) is 1. The first-order chi connectivity index (χ1) is 10.7. The van der Waals surface area contributed by atoms with Crippen LogP contribution in [0, 0.1) is 0 Å². The van der Waals surface area contributed by atoms with Crippen LogP contribution in [-0.2, 0) is 0 Å². The van der Waals surface area contributed by atoms with Gasteiger partial charge in [0, 0.05) is 12.1 Å². The molecule has 1 aromatic heterocycles. The minimum atomic E-state index is -0.287. The standard InChI is InChI=1S/C15H9ClN2O3S/c16-9-4-2-1-3-8(9)14(19)18-15-17-10-5-11-12(21-7-20-11)6-13(10)22-15/h1-6H,7H2,(H,17,18,19). The number of halogens is 1. The molecule has 2 aromatic carbocycles. The third-order valence-corrected chi connectivity index (χ3v) is 4.48. The van der Waals surface area contributed by atoms with Crippen molar-refractivity contribution in [2.24, 2.45) is 0 Å². The van der Waals surface area contributed by atoms with Crippen LogP contribution in [0.4, 0.5) is 5.13 Å². The molecule has 0 fully saturated rings. The zero-order valence-corrected chi connectivity index (χ0v) is 12.7. The molecule has 1 amide bonds. The molecule has 0 saturated heterocycles. The largest absolute Gasteiger partial charge is 0.454 e. The van der Waals surface area contributed by atoms with Crippen LogP contribution >= 0.6 is 22.9 Å². The number of anilines is 1. The Morgan fingerprint density at radius 3 is 2.82 bits per heavy atom. The summed E-state index contributed by atoms with van der Waals surface area (Å²) in [6.07, 6.45) is 0. The second kappa shape index (κ2) is 5.15. The van der Waals surface area contributed by atoms with E-state index in [1.807, 2.05) is 6.07 Å². The first kappa shape index (κ1) is 13.4. The average Bonchev–Trinajstić information content (AvgIpc) is 3.09. The highest BCUT2D eigenvalue weighted by atomic mass is 35.5. The number of carbonyl (C=O) groups is 1. The van der Waals surface area contributed by atoms with Crippen molar-refractivity contribution in [2.75, 3.05) is 12.1 Å². The molecule has 1 N–H and O–H groups in total. The van der Waals surface area contributed by atoms with Gasteiger partial charge in [-0.25, -0.2) is 4.98 Å². The van der Waals surface area contributed by atoms with E-state index in [0.717, 1.165) is 10.2 Å². The van der Waals surface area contributed by atoms with Crippen molar-refractivity contribution in [1.29, 1.82) is 0 Å². The number of amides is 1. The Labute approximate surface area is 134 Å². The van der Waals surface area contributed by atoms with Crippen molar-refractivity contribution < 1.29 is 14.3 Å². The van der Waals surface area contributed by atoms with E-state index >= 15 is 0 Å². The van der Waals surface area contributed by atoms with Gasteiger partial charge in [-0.2, -0.15) is 0 Å². The maximum Gasteiger partial charge on any atom is 0.258 e. The highest BCUT2D eigenvalue weighted by Crippen LogP contribution is 2.39. The second-order valence-electron chi connectivity index (χ2n) is 4.63. The first-order valence-electron chi connectivity index (χ1n) is 6.47. The molecule has 4 rings (SSSR count). The molecule has 2 heterocycles. The molecule has 1 aliphatic rings. The Bertz CT molecular complexity index is 853. The summed E-state index contributed by atoms with van der Waals surface area (Å²) in [6.45, 7) is 0.225. The van der Waals surface area contributed by atoms with E-state index in [1.165, 1.54) is 11.3 Å². The molecular formula is C15H9ClN2O3S. The minimum absolute atomic E-state index is 0.225. The zero-order valence-electron chi connectivity index (χ0n) is 11.1. The molecule has 22 heavy (non-hydrogen) atoms. The molecule has 0 aliphatic carbocycles. The third-order valence-electron chi connectivity index (χ3n) is 3.22. The molecule has 5 nitrogen and oxygen atoms in total. The molecule has 3 aromatic rings.